The van der Waals surface area contributed by atoms with E-state index in [4.69, 9.17) is 5.73 Å². The van der Waals surface area contributed by atoms with Gasteiger partial charge in [-0.15, -0.1) is 0 Å². The van der Waals surface area contributed by atoms with Gasteiger partial charge < -0.3 is 5.73 Å². The van der Waals surface area contributed by atoms with Crippen molar-refractivity contribution in [3.05, 3.63) is 35.1 Å². The van der Waals surface area contributed by atoms with Crippen LogP contribution in [0.4, 0.5) is 10.2 Å². The predicted molar refractivity (Wildman–Crippen MR) is 62.5 cm³/mol. The molecule has 84 valence electrons. The minimum atomic E-state index is -0.233. The second-order valence-corrected chi connectivity index (χ2v) is 3.92. The summed E-state index contributed by atoms with van der Waals surface area (Å²) in [6, 6.07) is 5.27. The van der Waals surface area contributed by atoms with Gasteiger partial charge in [-0.05, 0) is 25.5 Å². The zero-order chi connectivity index (χ0) is 11.9. The minimum absolute atomic E-state index is 0.233. The molecule has 2 N–H and O–H groups in total. The van der Waals surface area contributed by atoms with E-state index in [0.717, 1.165) is 5.56 Å². The number of halogens is 1. The van der Waals surface area contributed by atoms with Crippen LogP contribution in [-0.2, 0) is 7.05 Å². The molecule has 0 fully saturated rings. The summed E-state index contributed by atoms with van der Waals surface area (Å²) in [6.45, 7) is 3.58. The zero-order valence-electron chi connectivity index (χ0n) is 9.58. The number of nitrogen functional groups attached to an aromatic ring is 1. The van der Waals surface area contributed by atoms with Crippen molar-refractivity contribution in [1.82, 2.24) is 9.78 Å². The summed E-state index contributed by atoms with van der Waals surface area (Å²) in [6.07, 6.45) is 0. The number of hydrogen-bond acceptors (Lipinski definition) is 2. The number of nitrogens with two attached hydrogens (primary N) is 1. The first kappa shape index (κ1) is 10.7. The average molecular weight is 219 g/mol. The van der Waals surface area contributed by atoms with Crippen LogP contribution in [0.25, 0.3) is 11.3 Å². The van der Waals surface area contributed by atoms with E-state index in [1.807, 2.05) is 13.0 Å². The molecule has 0 spiro atoms. The summed E-state index contributed by atoms with van der Waals surface area (Å²) in [4.78, 5) is 0. The van der Waals surface area contributed by atoms with Gasteiger partial charge >= 0.3 is 0 Å². The molecule has 4 heteroatoms. The molecule has 0 aliphatic carbocycles. The van der Waals surface area contributed by atoms with Gasteiger partial charge in [0.2, 0.25) is 0 Å². The molecule has 0 bridgehead atoms. The Morgan fingerprint density at radius 2 is 2.00 bits per heavy atom. The van der Waals surface area contributed by atoms with Crippen LogP contribution in [0.2, 0.25) is 0 Å². The van der Waals surface area contributed by atoms with Crippen LogP contribution in [0.5, 0.6) is 0 Å². The van der Waals surface area contributed by atoms with Gasteiger partial charge in [0.05, 0.1) is 0 Å². The van der Waals surface area contributed by atoms with E-state index in [2.05, 4.69) is 5.10 Å². The number of aromatic nitrogens is 2. The Morgan fingerprint density at radius 1 is 1.31 bits per heavy atom. The predicted octanol–water partition coefficient (Wildman–Crippen LogP) is 2.43. The van der Waals surface area contributed by atoms with Crippen LogP contribution in [0.15, 0.2) is 18.2 Å². The molecule has 0 saturated carbocycles. The van der Waals surface area contributed by atoms with Gasteiger partial charge in [-0.25, -0.2) is 4.39 Å². The van der Waals surface area contributed by atoms with E-state index in [1.165, 1.54) is 0 Å². The van der Waals surface area contributed by atoms with Crippen molar-refractivity contribution in [3.8, 4) is 11.3 Å². The maximum atomic E-state index is 13.9. The molecule has 2 rings (SSSR count). The molecular formula is C12H14FN3. The van der Waals surface area contributed by atoms with Crippen LogP contribution < -0.4 is 5.73 Å². The maximum Gasteiger partial charge on any atom is 0.135 e. The highest BCUT2D eigenvalue weighted by Crippen LogP contribution is 2.28. The van der Waals surface area contributed by atoms with E-state index in [0.29, 0.717) is 22.6 Å². The third kappa shape index (κ3) is 1.46. The number of benzene rings is 1. The molecule has 0 radical (unpaired) electrons. The zero-order valence-corrected chi connectivity index (χ0v) is 9.58. The first-order valence-corrected chi connectivity index (χ1v) is 5.07. The number of hydrogen-bond donors (Lipinski definition) is 1. The monoisotopic (exact) mass is 219 g/mol. The molecule has 0 saturated heterocycles. The van der Waals surface area contributed by atoms with Crippen molar-refractivity contribution < 1.29 is 4.39 Å². The lowest BCUT2D eigenvalue weighted by molar-refractivity contribution is 0.620. The molecule has 0 amide bonds. The quantitative estimate of drug-likeness (QED) is 0.800. The van der Waals surface area contributed by atoms with Crippen molar-refractivity contribution >= 4 is 5.82 Å². The smallest absolute Gasteiger partial charge is 0.135 e. The van der Waals surface area contributed by atoms with E-state index in [-0.39, 0.29) is 5.82 Å². The van der Waals surface area contributed by atoms with Gasteiger partial charge in [0.1, 0.15) is 17.3 Å². The fourth-order valence-electron chi connectivity index (χ4n) is 1.73. The van der Waals surface area contributed by atoms with Gasteiger partial charge in [-0.2, -0.15) is 5.10 Å². The lowest BCUT2D eigenvalue weighted by Crippen LogP contribution is -1.97. The number of rotatable bonds is 1. The summed E-state index contributed by atoms with van der Waals surface area (Å²) in [5.74, 6) is 0.333. The van der Waals surface area contributed by atoms with Crippen LogP contribution in [0.3, 0.4) is 0 Å². The van der Waals surface area contributed by atoms with Crippen LogP contribution in [0, 0.1) is 19.7 Å². The Balaban J connectivity index is 2.68. The summed E-state index contributed by atoms with van der Waals surface area (Å²) in [5.41, 5.74) is 8.35. The second-order valence-electron chi connectivity index (χ2n) is 3.92. The number of aryl methyl sites for hydroxylation is 2. The topological polar surface area (TPSA) is 43.8 Å². The Hall–Kier alpha value is -1.84. The minimum Gasteiger partial charge on any atom is -0.384 e. The Morgan fingerprint density at radius 3 is 2.56 bits per heavy atom. The summed E-state index contributed by atoms with van der Waals surface area (Å²) in [7, 11) is 1.75. The average Bonchev–Trinajstić information content (AvgIpc) is 2.50. The highest BCUT2D eigenvalue weighted by Gasteiger charge is 2.15. The molecule has 2 aromatic rings. The lowest BCUT2D eigenvalue weighted by atomic mass is 10.1. The van der Waals surface area contributed by atoms with Crippen LogP contribution in [-0.4, -0.2) is 9.78 Å². The molecule has 0 aliphatic rings. The molecule has 1 aromatic carbocycles. The van der Waals surface area contributed by atoms with E-state index in [1.54, 1.807) is 30.8 Å². The fourth-order valence-corrected chi connectivity index (χ4v) is 1.73. The standard InChI is InChI=1S/C12H14FN3/c1-7-5-4-6-9(10(7)13)11-8(2)12(14)16(3)15-11/h4-6H,14H2,1-3H3. The second kappa shape index (κ2) is 3.63. The third-order valence-electron chi connectivity index (χ3n) is 2.78. The number of nitrogens with zero attached hydrogens (tertiary/aromatic N) is 2. The van der Waals surface area contributed by atoms with Crippen LogP contribution in [0.1, 0.15) is 11.1 Å². The van der Waals surface area contributed by atoms with E-state index in [9.17, 15) is 4.39 Å². The molecule has 16 heavy (non-hydrogen) atoms. The largest absolute Gasteiger partial charge is 0.384 e. The van der Waals surface area contributed by atoms with Crippen molar-refractivity contribution in [2.45, 2.75) is 13.8 Å². The molecule has 0 unspecified atom stereocenters. The molecule has 3 nitrogen and oxygen atoms in total. The SMILES string of the molecule is Cc1cccc(-c2nn(C)c(N)c2C)c1F. The van der Waals surface area contributed by atoms with Crippen molar-refractivity contribution in [1.29, 1.82) is 0 Å². The highest BCUT2D eigenvalue weighted by atomic mass is 19.1. The van der Waals surface area contributed by atoms with Crippen molar-refractivity contribution in [2.75, 3.05) is 5.73 Å². The van der Waals surface area contributed by atoms with E-state index < -0.39 is 0 Å². The normalized spacial score (nSPS) is 10.8. The van der Waals surface area contributed by atoms with Gasteiger partial charge in [0.25, 0.3) is 0 Å². The molecule has 0 aliphatic heterocycles. The van der Waals surface area contributed by atoms with Crippen molar-refractivity contribution in [2.24, 2.45) is 7.05 Å². The molecular weight excluding hydrogens is 205 g/mol. The summed E-state index contributed by atoms with van der Waals surface area (Å²) < 4.78 is 15.5. The molecule has 1 heterocycles. The summed E-state index contributed by atoms with van der Waals surface area (Å²) in [5, 5.41) is 4.23. The molecule has 1 aromatic heterocycles. The van der Waals surface area contributed by atoms with Gasteiger partial charge in [-0.3, -0.25) is 4.68 Å². The fraction of sp³-hybridized carbons (Fsp3) is 0.250. The van der Waals surface area contributed by atoms with Gasteiger partial charge in [0, 0.05) is 18.2 Å². The third-order valence-corrected chi connectivity index (χ3v) is 2.78. The maximum absolute atomic E-state index is 13.9. The first-order chi connectivity index (χ1) is 7.52. The lowest BCUT2D eigenvalue weighted by Gasteiger charge is -2.03. The molecule has 0 atom stereocenters. The summed E-state index contributed by atoms with van der Waals surface area (Å²) >= 11 is 0. The highest BCUT2D eigenvalue weighted by molar-refractivity contribution is 5.69. The van der Waals surface area contributed by atoms with Gasteiger partial charge in [-0.1, -0.05) is 12.1 Å². The Bertz CT molecular complexity index is 543. The van der Waals surface area contributed by atoms with Gasteiger partial charge in [0.15, 0.2) is 0 Å². The van der Waals surface area contributed by atoms with E-state index >= 15 is 0 Å². The Kier molecular flexibility index (Phi) is 2.42. The Labute approximate surface area is 93.7 Å². The first-order valence-electron chi connectivity index (χ1n) is 5.07. The van der Waals surface area contributed by atoms with Crippen molar-refractivity contribution in [3.63, 3.8) is 0 Å². The van der Waals surface area contributed by atoms with Crippen LogP contribution >= 0.6 is 0 Å². The number of anilines is 1.